The van der Waals surface area contributed by atoms with Gasteiger partial charge in [-0.2, -0.15) is 0 Å². The van der Waals surface area contributed by atoms with Gasteiger partial charge in [0.15, 0.2) is 0 Å². The van der Waals surface area contributed by atoms with Crippen LogP contribution in [0.1, 0.15) is 11.1 Å². The maximum Gasteiger partial charge on any atom is 0.0997 e. The smallest absolute Gasteiger partial charge is 0.0997 e. The summed E-state index contributed by atoms with van der Waals surface area (Å²) in [6.07, 6.45) is 2.07. The van der Waals surface area contributed by atoms with Crippen molar-refractivity contribution in [2.75, 3.05) is 26.3 Å². The van der Waals surface area contributed by atoms with Crippen molar-refractivity contribution < 1.29 is 4.74 Å². The number of fused-ring (bicyclic) bond motifs is 1. The Bertz CT molecular complexity index is 399. The minimum Gasteiger partial charge on any atom is -0.378 e. The highest BCUT2D eigenvalue weighted by atomic mass is 16.5. The molecule has 1 aliphatic carbocycles. The van der Waals surface area contributed by atoms with Gasteiger partial charge in [-0.15, -0.1) is 0 Å². The Morgan fingerprint density at radius 1 is 1.12 bits per heavy atom. The lowest BCUT2D eigenvalue weighted by Crippen LogP contribution is -2.43. The van der Waals surface area contributed by atoms with Crippen molar-refractivity contribution in [2.24, 2.45) is 5.92 Å². The minimum atomic E-state index is 0.380. The Kier molecular flexibility index (Phi) is 2.85. The van der Waals surface area contributed by atoms with Gasteiger partial charge in [-0.25, -0.2) is 0 Å². The topological polar surface area (TPSA) is 36.3 Å². The first-order valence-electron chi connectivity index (χ1n) is 6.32. The molecule has 1 N–H and O–H groups in total. The Balaban J connectivity index is 1.69. The number of hydrogen-bond acceptors (Lipinski definition) is 2. The summed E-state index contributed by atoms with van der Waals surface area (Å²) >= 11 is 0. The highest BCUT2D eigenvalue weighted by Gasteiger charge is 2.28. The molecule has 17 heavy (non-hydrogen) atoms. The van der Waals surface area contributed by atoms with E-state index in [-0.39, 0.29) is 0 Å². The highest BCUT2D eigenvalue weighted by molar-refractivity contribution is 5.83. The standard InChI is InChI=1S/C14H18N2O/c15-14(16-5-7-17-8-6-16)13-9-11-3-1-2-4-12(11)10-13/h1-4,13,15H,5-10H2. The van der Waals surface area contributed by atoms with E-state index in [0.29, 0.717) is 5.92 Å². The van der Waals surface area contributed by atoms with Crippen molar-refractivity contribution in [3.63, 3.8) is 0 Å². The van der Waals surface area contributed by atoms with Crippen LogP contribution in [0, 0.1) is 11.3 Å². The molecule has 1 aromatic rings. The summed E-state index contributed by atoms with van der Waals surface area (Å²) in [5.41, 5.74) is 2.85. The molecule has 3 rings (SSSR count). The zero-order chi connectivity index (χ0) is 11.7. The van der Waals surface area contributed by atoms with Gasteiger partial charge in [-0.1, -0.05) is 24.3 Å². The van der Waals surface area contributed by atoms with Crippen molar-refractivity contribution in [3.8, 4) is 0 Å². The molecule has 90 valence electrons. The molecule has 0 aromatic heterocycles. The quantitative estimate of drug-likeness (QED) is 0.589. The maximum atomic E-state index is 8.33. The van der Waals surface area contributed by atoms with Gasteiger partial charge in [0, 0.05) is 19.0 Å². The number of amidine groups is 1. The van der Waals surface area contributed by atoms with Crippen molar-refractivity contribution in [1.29, 1.82) is 5.41 Å². The minimum absolute atomic E-state index is 0.380. The Morgan fingerprint density at radius 3 is 2.29 bits per heavy atom. The fraction of sp³-hybridized carbons (Fsp3) is 0.500. The van der Waals surface area contributed by atoms with Crippen LogP contribution in [0.2, 0.25) is 0 Å². The largest absolute Gasteiger partial charge is 0.378 e. The van der Waals surface area contributed by atoms with Gasteiger partial charge in [0.1, 0.15) is 0 Å². The van der Waals surface area contributed by atoms with Gasteiger partial charge in [0.05, 0.1) is 19.0 Å². The first kappa shape index (κ1) is 10.8. The average molecular weight is 230 g/mol. The molecule has 0 saturated carbocycles. The molecule has 1 saturated heterocycles. The number of hydrogen-bond donors (Lipinski definition) is 1. The second-order valence-electron chi connectivity index (χ2n) is 4.86. The summed E-state index contributed by atoms with van der Waals surface area (Å²) in [4.78, 5) is 2.18. The van der Waals surface area contributed by atoms with E-state index in [0.717, 1.165) is 45.0 Å². The Hall–Kier alpha value is -1.35. The van der Waals surface area contributed by atoms with Crippen LogP contribution >= 0.6 is 0 Å². The molecule has 3 nitrogen and oxygen atoms in total. The van der Waals surface area contributed by atoms with E-state index in [9.17, 15) is 0 Å². The third-order valence-electron chi connectivity index (χ3n) is 3.79. The molecule has 1 aromatic carbocycles. The van der Waals surface area contributed by atoms with Gasteiger partial charge < -0.3 is 9.64 Å². The molecule has 0 unspecified atom stereocenters. The zero-order valence-electron chi connectivity index (χ0n) is 9.98. The molecule has 0 bridgehead atoms. The van der Waals surface area contributed by atoms with E-state index in [1.165, 1.54) is 11.1 Å². The van der Waals surface area contributed by atoms with Gasteiger partial charge in [-0.3, -0.25) is 5.41 Å². The molecular formula is C14H18N2O. The molecule has 1 heterocycles. The number of rotatable bonds is 1. The van der Waals surface area contributed by atoms with E-state index in [4.69, 9.17) is 10.1 Å². The van der Waals surface area contributed by atoms with Crippen LogP contribution in [-0.2, 0) is 17.6 Å². The summed E-state index contributed by atoms with van der Waals surface area (Å²) in [5, 5.41) is 8.33. The summed E-state index contributed by atoms with van der Waals surface area (Å²) in [7, 11) is 0. The fourth-order valence-electron chi connectivity index (χ4n) is 2.81. The van der Waals surface area contributed by atoms with Crippen molar-refractivity contribution in [2.45, 2.75) is 12.8 Å². The monoisotopic (exact) mass is 230 g/mol. The predicted octanol–water partition coefficient (Wildman–Crippen LogP) is 1.71. The van der Waals surface area contributed by atoms with Crippen molar-refractivity contribution in [1.82, 2.24) is 4.90 Å². The number of benzene rings is 1. The summed E-state index contributed by atoms with van der Waals surface area (Å²) in [6.45, 7) is 3.29. The van der Waals surface area contributed by atoms with Gasteiger partial charge in [0.25, 0.3) is 0 Å². The van der Waals surface area contributed by atoms with E-state index in [1.807, 2.05) is 0 Å². The molecule has 1 aliphatic heterocycles. The molecule has 0 spiro atoms. The third kappa shape index (κ3) is 2.07. The first-order chi connectivity index (χ1) is 8.34. The van der Waals surface area contributed by atoms with Gasteiger partial charge in [0.2, 0.25) is 0 Å². The second-order valence-corrected chi connectivity index (χ2v) is 4.86. The van der Waals surface area contributed by atoms with Crippen LogP contribution in [0.5, 0.6) is 0 Å². The summed E-state index contributed by atoms with van der Waals surface area (Å²) in [5.74, 6) is 1.19. The number of morpholine rings is 1. The Labute approximate surface area is 102 Å². The molecule has 0 atom stereocenters. The highest BCUT2D eigenvalue weighted by Crippen LogP contribution is 2.28. The number of nitrogens with zero attached hydrogens (tertiary/aromatic N) is 1. The van der Waals surface area contributed by atoms with Gasteiger partial charge >= 0.3 is 0 Å². The number of ether oxygens (including phenoxy) is 1. The maximum absolute atomic E-state index is 8.33. The third-order valence-corrected chi connectivity index (χ3v) is 3.79. The van der Waals surface area contributed by atoms with Crippen molar-refractivity contribution in [3.05, 3.63) is 35.4 Å². The van der Waals surface area contributed by atoms with Crippen LogP contribution in [0.25, 0.3) is 0 Å². The van der Waals surface area contributed by atoms with Crippen molar-refractivity contribution >= 4 is 5.84 Å². The fourth-order valence-corrected chi connectivity index (χ4v) is 2.81. The Morgan fingerprint density at radius 2 is 1.71 bits per heavy atom. The molecule has 0 amide bonds. The first-order valence-corrected chi connectivity index (χ1v) is 6.32. The van der Waals surface area contributed by atoms with Crippen LogP contribution < -0.4 is 0 Å². The summed E-state index contributed by atoms with van der Waals surface area (Å²) in [6, 6.07) is 8.59. The molecule has 2 aliphatic rings. The molecule has 0 radical (unpaired) electrons. The molecule has 1 fully saturated rings. The molecular weight excluding hydrogens is 212 g/mol. The van der Waals surface area contributed by atoms with Crippen LogP contribution in [0.15, 0.2) is 24.3 Å². The average Bonchev–Trinajstić information content (AvgIpc) is 2.82. The van der Waals surface area contributed by atoms with Crippen LogP contribution in [-0.4, -0.2) is 37.0 Å². The predicted molar refractivity (Wildman–Crippen MR) is 67.5 cm³/mol. The van der Waals surface area contributed by atoms with Crippen LogP contribution in [0.3, 0.4) is 0 Å². The lowest BCUT2D eigenvalue weighted by atomic mass is 10.0. The van der Waals surface area contributed by atoms with Crippen LogP contribution in [0.4, 0.5) is 0 Å². The van der Waals surface area contributed by atoms with E-state index >= 15 is 0 Å². The van der Waals surface area contributed by atoms with E-state index in [1.54, 1.807) is 0 Å². The second kappa shape index (κ2) is 4.49. The van der Waals surface area contributed by atoms with E-state index < -0.39 is 0 Å². The lowest BCUT2D eigenvalue weighted by molar-refractivity contribution is 0.0656. The SMILES string of the molecule is N=C(C1Cc2ccccc2C1)N1CCOCC1. The van der Waals surface area contributed by atoms with Gasteiger partial charge in [-0.05, 0) is 24.0 Å². The normalized spacial score (nSPS) is 20.4. The lowest BCUT2D eigenvalue weighted by Gasteiger charge is -2.31. The zero-order valence-corrected chi connectivity index (χ0v) is 9.98. The van der Waals surface area contributed by atoms with E-state index in [2.05, 4.69) is 29.2 Å². The molecule has 3 heteroatoms. The summed E-state index contributed by atoms with van der Waals surface area (Å²) < 4.78 is 5.34. The number of nitrogens with one attached hydrogen (secondary N) is 1.